The molecule has 16 heavy (non-hydrogen) atoms. The Balaban J connectivity index is 1.83. The monoisotopic (exact) mass is 239 g/mol. The largest absolute Gasteiger partial charge is 0.350 e. The van der Waals surface area contributed by atoms with Gasteiger partial charge in [0.1, 0.15) is 0 Å². The second-order valence-electron chi connectivity index (χ2n) is 4.32. The van der Waals surface area contributed by atoms with Crippen LogP contribution in [0.4, 0.5) is 0 Å². The average molecular weight is 239 g/mol. The minimum absolute atomic E-state index is 0.111. The van der Waals surface area contributed by atoms with Crippen molar-refractivity contribution >= 4 is 17.2 Å². The lowest BCUT2D eigenvalue weighted by Crippen LogP contribution is -2.33. The summed E-state index contributed by atoms with van der Waals surface area (Å²) in [6, 6.07) is 0. The molecule has 2 heterocycles. The fourth-order valence-electron chi connectivity index (χ4n) is 1.96. The van der Waals surface area contributed by atoms with Crippen LogP contribution in [0, 0.1) is 18.8 Å². The van der Waals surface area contributed by atoms with Crippen molar-refractivity contribution in [1.82, 2.24) is 15.6 Å². The molecule has 0 aliphatic carbocycles. The van der Waals surface area contributed by atoms with Crippen molar-refractivity contribution in [2.45, 2.75) is 20.4 Å². The van der Waals surface area contributed by atoms with Crippen molar-refractivity contribution in [1.29, 1.82) is 0 Å². The lowest BCUT2D eigenvalue weighted by Gasteiger charge is -2.13. The Kier molecular flexibility index (Phi) is 3.56. The van der Waals surface area contributed by atoms with Crippen molar-refractivity contribution in [3.63, 3.8) is 0 Å². The first-order chi connectivity index (χ1) is 7.66. The summed E-state index contributed by atoms with van der Waals surface area (Å²) in [7, 11) is 0. The molecule has 1 aliphatic heterocycles. The molecule has 0 bridgehead atoms. The van der Waals surface area contributed by atoms with E-state index in [2.05, 4.69) is 22.5 Å². The molecular weight excluding hydrogens is 222 g/mol. The molecule has 0 radical (unpaired) electrons. The van der Waals surface area contributed by atoms with Crippen molar-refractivity contribution in [3.8, 4) is 0 Å². The van der Waals surface area contributed by atoms with E-state index in [1.807, 2.05) is 12.3 Å². The number of thiazole rings is 1. The number of aromatic nitrogens is 1. The van der Waals surface area contributed by atoms with Crippen LogP contribution in [0.3, 0.4) is 0 Å². The minimum Gasteiger partial charge on any atom is -0.350 e. The summed E-state index contributed by atoms with van der Waals surface area (Å²) in [5.74, 6) is 0.681. The Morgan fingerprint density at radius 1 is 1.69 bits per heavy atom. The highest BCUT2D eigenvalue weighted by Crippen LogP contribution is 2.16. The number of hydrogen-bond donors (Lipinski definition) is 2. The zero-order valence-electron chi connectivity index (χ0n) is 9.62. The number of carbonyl (C=O) groups is 1. The van der Waals surface area contributed by atoms with Crippen LogP contribution in [0.25, 0.3) is 0 Å². The van der Waals surface area contributed by atoms with E-state index in [1.54, 1.807) is 11.3 Å². The summed E-state index contributed by atoms with van der Waals surface area (Å²) >= 11 is 1.61. The first-order valence-corrected chi connectivity index (χ1v) is 6.44. The van der Waals surface area contributed by atoms with E-state index < -0.39 is 0 Å². The summed E-state index contributed by atoms with van der Waals surface area (Å²) < 4.78 is 0. The number of carbonyl (C=O) groups excluding carboxylic acids is 1. The van der Waals surface area contributed by atoms with Crippen LogP contribution in [0.5, 0.6) is 0 Å². The topological polar surface area (TPSA) is 54.0 Å². The summed E-state index contributed by atoms with van der Waals surface area (Å²) in [6.07, 6.45) is 0. The lowest BCUT2D eigenvalue weighted by molar-refractivity contribution is -0.125. The Bertz CT molecular complexity index is 377. The van der Waals surface area contributed by atoms with Gasteiger partial charge in [-0.15, -0.1) is 11.3 Å². The molecule has 0 spiro atoms. The third-order valence-corrected chi connectivity index (χ3v) is 3.79. The van der Waals surface area contributed by atoms with Crippen molar-refractivity contribution in [2.75, 3.05) is 13.1 Å². The number of nitrogens with zero attached hydrogens (tertiary/aromatic N) is 1. The van der Waals surface area contributed by atoms with Crippen LogP contribution < -0.4 is 10.6 Å². The SMILES string of the molecule is Cc1nc(CNC(=O)[C@@H]2CNC[C@H]2C)cs1. The molecule has 4 nitrogen and oxygen atoms in total. The van der Waals surface area contributed by atoms with Crippen LogP contribution in [0.1, 0.15) is 17.6 Å². The molecule has 2 N–H and O–H groups in total. The Hall–Kier alpha value is -0.940. The molecular formula is C11H17N3OS. The van der Waals surface area contributed by atoms with Gasteiger partial charge in [0.05, 0.1) is 23.2 Å². The maximum atomic E-state index is 11.9. The lowest BCUT2D eigenvalue weighted by atomic mass is 9.97. The molecule has 2 rings (SSSR count). The molecule has 1 saturated heterocycles. The van der Waals surface area contributed by atoms with Crippen LogP contribution >= 0.6 is 11.3 Å². The first-order valence-electron chi connectivity index (χ1n) is 5.56. The van der Waals surface area contributed by atoms with Gasteiger partial charge >= 0.3 is 0 Å². The Morgan fingerprint density at radius 2 is 2.50 bits per heavy atom. The molecule has 1 aromatic heterocycles. The fourth-order valence-corrected chi connectivity index (χ4v) is 2.57. The van der Waals surface area contributed by atoms with Gasteiger partial charge in [-0.05, 0) is 19.4 Å². The summed E-state index contributed by atoms with van der Waals surface area (Å²) in [5.41, 5.74) is 0.953. The first kappa shape index (κ1) is 11.5. The highest BCUT2D eigenvalue weighted by atomic mass is 32.1. The predicted molar refractivity (Wildman–Crippen MR) is 64.2 cm³/mol. The van der Waals surface area contributed by atoms with Gasteiger partial charge in [-0.1, -0.05) is 6.92 Å². The van der Waals surface area contributed by atoms with Gasteiger partial charge in [-0.3, -0.25) is 4.79 Å². The fraction of sp³-hybridized carbons (Fsp3) is 0.636. The number of aryl methyl sites for hydroxylation is 1. The van der Waals surface area contributed by atoms with Gasteiger partial charge in [0.2, 0.25) is 5.91 Å². The van der Waals surface area contributed by atoms with E-state index in [1.165, 1.54) is 0 Å². The molecule has 1 fully saturated rings. The maximum absolute atomic E-state index is 11.9. The maximum Gasteiger partial charge on any atom is 0.225 e. The third kappa shape index (κ3) is 2.59. The Morgan fingerprint density at radius 3 is 3.06 bits per heavy atom. The highest BCUT2D eigenvalue weighted by molar-refractivity contribution is 7.09. The smallest absolute Gasteiger partial charge is 0.225 e. The van der Waals surface area contributed by atoms with Crippen LogP contribution in [-0.2, 0) is 11.3 Å². The second kappa shape index (κ2) is 4.93. The quantitative estimate of drug-likeness (QED) is 0.825. The number of hydrogen-bond acceptors (Lipinski definition) is 4. The standard InChI is InChI=1S/C11H17N3OS/c1-7-3-12-5-10(7)11(15)13-4-9-6-16-8(2)14-9/h6-7,10,12H,3-5H2,1-2H3,(H,13,15)/t7-,10-/m1/s1. The van der Waals surface area contributed by atoms with E-state index in [0.29, 0.717) is 12.5 Å². The molecule has 0 saturated carbocycles. The third-order valence-electron chi connectivity index (χ3n) is 2.96. The number of rotatable bonds is 3. The molecule has 2 atom stereocenters. The number of amides is 1. The van der Waals surface area contributed by atoms with Gasteiger partial charge in [0, 0.05) is 11.9 Å². The molecule has 1 aromatic rings. The Labute approximate surface area is 99.5 Å². The van der Waals surface area contributed by atoms with Gasteiger partial charge in [-0.25, -0.2) is 4.98 Å². The number of nitrogens with one attached hydrogen (secondary N) is 2. The molecule has 0 aromatic carbocycles. The normalized spacial score (nSPS) is 24.6. The summed E-state index contributed by atoms with van der Waals surface area (Å²) in [5, 5.41) is 9.21. The van der Waals surface area contributed by atoms with Crippen molar-refractivity contribution in [2.24, 2.45) is 11.8 Å². The molecule has 0 unspecified atom stereocenters. The predicted octanol–water partition coefficient (Wildman–Crippen LogP) is 0.923. The minimum atomic E-state index is 0.111. The second-order valence-corrected chi connectivity index (χ2v) is 5.38. The highest BCUT2D eigenvalue weighted by Gasteiger charge is 2.29. The van der Waals surface area contributed by atoms with E-state index in [-0.39, 0.29) is 11.8 Å². The molecule has 1 amide bonds. The van der Waals surface area contributed by atoms with E-state index in [0.717, 1.165) is 23.8 Å². The van der Waals surface area contributed by atoms with Crippen LogP contribution in [-0.4, -0.2) is 24.0 Å². The molecule has 88 valence electrons. The van der Waals surface area contributed by atoms with Gasteiger partial charge < -0.3 is 10.6 Å². The average Bonchev–Trinajstić information content (AvgIpc) is 2.84. The van der Waals surface area contributed by atoms with Crippen molar-refractivity contribution in [3.05, 3.63) is 16.1 Å². The summed E-state index contributed by atoms with van der Waals surface area (Å²) in [4.78, 5) is 16.2. The summed E-state index contributed by atoms with van der Waals surface area (Å²) in [6.45, 7) is 6.36. The van der Waals surface area contributed by atoms with Gasteiger partial charge in [0.25, 0.3) is 0 Å². The van der Waals surface area contributed by atoms with E-state index >= 15 is 0 Å². The molecule has 1 aliphatic rings. The van der Waals surface area contributed by atoms with Crippen molar-refractivity contribution < 1.29 is 4.79 Å². The van der Waals surface area contributed by atoms with Gasteiger partial charge in [-0.2, -0.15) is 0 Å². The van der Waals surface area contributed by atoms with E-state index in [4.69, 9.17) is 0 Å². The van der Waals surface area contributed by atoms with Crippen LogP contribution in [0.15, 0.2) is 5.38 Å². The molecule has 5 heteroatoms. The van der Waals surface area contributed by atoms with Gasteiger partial charge in [0.15, 0.2) is 0 Å². The zero-order chi connectivity index (χ0) is 11.5. The zero-order valence-corrected chi connectivity index (χ0v) is 10.4. The van der Waals surface area contributed by atoms with Crippen LogP contribution in [0.2, 0.25) is 0 Å². The van der Waals surface area contributed by atoms with E-state index in [9.17, 15) is 4.79 Å².